The predicted molar refractivity (Wildman–Crippen MR) is 81.4 cm³/mol. The van der Waals surface area contributed by atoms with Crippen LogP contribution in [0.1, 0.15) is 6.92 Å². The van der Waals surface area contributed by atoms with E-state index < -0.39 is 5.60 Å². The molecule has 8 heteroatoms. The van der Waals surface area contributed by atoms with E-state index in [9.17, 15) is 5.11 Å². The highest BCUT2D eigenvalue weighted by Gasteiger charge is 2.21. The van der Waals surface area contributed by atoms with Gasteiger partial charge in [-0.2, -0.15) is 15.0 Å². The van der Waals surface area contributed by atoms with Crippen molar-refractivity contribution in [3.8, 4) is 0 Å². The van der Waals surface area contributed by atoms with Crippen LogP contribution >= 0.6 is 0 Å². The highest BCUT2D eigenvalue weighted by atomic mass is 16.3. The summed E-state index contributed by atoms with van der Waals surface area (Å²) >= 11 is 0. The number of nitrogens with one attached hydrogen (secondary N) is 2. The number of hydrogen-bond donors (Lipinski definition) is 3. The number of anilines is 3. The zero-order valence-corrected chi connectivity index (χ0v) is 13.1. The highest BCUT2D eigenvalue weighted by Crippen LogP contribution is 2.12. The normalized spacial score (nSPS) is 14.0. The molecule has 0 aromatic carbocycles. The van der Waals surface area contributed by atoms with Crippen molar-refractivity contribution in [2.75, 3.05) is 63.9 Å². The molecule has 8 nitrogen and oxygen atoms in total. The lowest BCUT2D eigenvalue weighted by Gasteiger charge is -2.27. The molecule has 0 radical (unpaired) electrons. The van der Waals surface area contributed by atoms with Gasteiger partial charge in [-0.05, 0) is 21.0 Å². The maximum absolute atomic E-state index is 10.2. The second-order valence-corrected chi connectivity index (χ2v) is 5.52. The van der Waals surface area contributed by atoms with Crippen molar-refractivity contribution in [3.63, 3.8) is 0 Å². The second-order valence-electron chi connectivity index (χ2n) is 5.52. The molecule has 1 atom stereocenters. The van der Waals surface area contributed by atoms with Crippen molar-refractivity contribution in [1.82, 2.24) is 19.9 Å². The molecule has 0 aliphatic rings. The fraction of sp³-hybridized carbons (Fsp3) is 0.750. The Hall–Kier alpha value is -1.67. The lowest BCUT2D eigenvalue weighted by atomic mass is 10.1. The Morgan fingerprint density at radius 2 is 1.70 bits per heavy atom. The van der Waals surface area contributed by atoms with Gasteiger partial charge in [-0.3, -0.25) is 0 Å². The van der Waals surface area contributed by atoms with E-state index in [1.807, 2.05) is 33.1 Å². The average Bonchev–Trinajstić information content (AvgIpc) is 2.34. The number of nitrogens with zero attached hydrogens (tertiary/aromatic N) is 5. The molecule has 1 heterocycles. The van der Waals surface area contributed by atoms with Crippen LogP contribution in [0.4, 0.5) is 17.8 Å². The number of hydrogen-bond acceptors (Lipinski definition) is 8. The van der Waals surface area contributed by atoms with Crippen molar-refractivity contribution < 1.29 is 5.11 Å². The molecule has 0 aliphatic heterocycles. The second kappa shape index (κ2) is 6.67. The lowest BCUT2D eigenvalue weighted by Crippen LogP contribution is -2.43. The zero-order valence-electron chi connectivity index (χ0n) is 13.1. The molecule has 0 aliphatic carbocycles. The van der Waals surface area contributed by atoms with Crippen LogP contribution in [0.2, 0.25) is 0 Å². The fourth-order valence-corrected chi connectivity index (χ4v) is 1.76. The summed E-state index contributed by atoms with van der Waals surface area (Å²) < 4.78 is 0. The summed E-state index contributed by atoms with van der Waals surface area (Å²) in [6, 6.07) is 0. The Morgan fingerprint density at radius 1 is 1.10 bits per heavy atom. The van der Waals surface area contributed by atoms with Crippen molar-refractivity contribution in [2.45, 2.75) is 12.5 Å². The molecule has 20 heavy (non-hydrogen) atoms. The molecule has 1 aromatic heterocycles. The Bertz CT molecular complexity index is 434. The molecule has 0 fully saturated rings. The summed E-state index contributed by atoms with van der Waals surface area (Å²) in [5.41, 5.74) is -0.867. The van der Waals surface area contributed by atoms with E-state index >= 15 is 0 Å². The summed E-state index contributed by atoms with van der Waals surface area (Å²) in [7, 11) is 9.31. The van der Waals surface area contributed by atoms with Gasteiger partial charge in [0.25, 0.3) is 0 Å². The van der Waals surface area contributed by atoms with Gasteiger partial charge in [0.05, 0.1) is 5.60 Å². The summed E-state index contributed by atoms with van der Waals surface area (Å²) in [6.07, 6.45) is 0. The molecule has 1 rings (SSSR count). The first-order valence-corrected chi connectivity index (χ1v) is 6.45. The maximum Gasteiger partial charge on any atom is 0.231 e. The molecule has 0 spiro atoms. The molecular weight excluding hydrogens is 258 g/mol. The Morgan fingerprint density at radius 3 is 2.20 bits per heavy atom. The molecule has 1 aromatic rings. The number of likely N-dealkylation sites (N-methyl/N-ethyl adjacent to an activating group) is 1. The molecular formula is C12H25N7O. The van der Waals surface area contributed by atoms with Gasteiger partial charge < -0.3 is 25.5 Å². The van der Waals surface area contributed by atoms with Crippen LogP contribution in [-0.2, 0) is 0 Å². The van der Waals surface area contributed by atoms with Gasteiger partial charge in [0.1, 0.15) is 0 Å². The largest absolute Gasteiger partial charge is 0.387 e. The predicted octanol–water partition coefficient (Wildman–Crippen LogP) is -0.296. The Balaban J connectivity index is 2.79. The molecule has 0 saturated carbocycles. The number of rotatable bonds is 7. The van der Waals surface area contributed by atoms with Gasteiger partial charge >= 0.3 is 0 Å². The summed E-state index contributed by atoms with van der Waals surface area (Å²) in [6.45, 7) is 2.67. The molecule has 3 N–H and O–H groups in total. The minimum atomic E-state index is -0.867. The van der Waals surface area contributed by atoms with Crippen LogP contribution in [0.5, 0.6) is 0 Å². The van der Waals surface area contributed by atoms with Crippen molar-refractivity contribution >= 4 is 17.8 Å². The first kappa shape index (κ1) is 16.4. The quantitative estimate of drug-likeness (QED) is 0.629. The van der Waals surface area contributed by atoms with Gasteiger partial charge in [0.15, 0.2) is 0 Å². The van der Waals surface area contributed by atoms with Gasteiger partial charge in [-0.25, -0.2) is 0 Å². The molecule has 114 valence electrons. The van der Waals surface area contributed by atoms with E-state index in [1.54, 1.807) is 18.9 Å². The Labute approximate surface area is 120 Å². The van der Waals surface area contributed by atoms with E-state index in [2.05, 4.69) is 25.6 Å². The first-order valence-electron chi connectivity index (χ1n) is 6.45. The van der Waals surface area contributed by atoms with Crippen LogP contribution < -0.4 is 15.5 Å². The lowest BCUT2D eigenvalue weighted by molar-refractivity contribution is 0.0458. The van der Waals surface area contributed by atoms with Crippen LogP contribution in [0.25, 0.3) is 0 Å². The van der Waals surface area contributed by atoms with E-state index in [4.69, 9.17) is 0 Å². The van der Waals surface area contributed by atoms with Gasteiger partial charge in [-0.15, -0.1) is 0 Å². The van der Waals surface area contributed by atoms with Crippen LogP contribution in [0, 0.1) is 0 Å². The fourth-order valence-electron chi connectivity index (χ4n) is 1.76. The van der Waals surface area contributed by atoms with Crippen molar-refractivity contribution in [1.29, 1.82) is 0 Å². The minimum absolute atomic E-state index is 0.352. The van der Waals surface area contributed by atoms with Crippen LogP contribution in [0.15, 0.2) is 0 Å². The molecule has 0 saturated heterocycles. The monoisotopic (exact) mass is 283 g/mol. The van der Waals surface area contributed by atoms with Gasteiger partial charge in [-0.1, -0.05) is 0 Å². The third kappa shape index (κ3) is 5.14. The van der Waals surface area contributed by atoms with Gasteiger partial charge in [0, 0.05) is 34.2 Å². The summed E-state index contributed by atoms with van der Waals surface area (Å²) in [5, 5.41) is 16.2. The van der Waals surface area contributed by atoms with Crippen LogP contribution in [0.3, 0.4) is 0 Å². The summed E-state index contributed by atoms with van der Waals surface area (Å²) in [5.74, 6) is 1.48. The first-order chi connectivity index (χ1) is 9.23. The average molecular weight is 283 g/mol. The van der Waals surface area contributed by atoms with Crippen LogP contribution in [-0.4, -0.2) is 78.9 Å². The molecule has 0 bridgehead atoms. The highest BCUT2D eigenvalue weighted by molar-refractivity contribution is 5.42. The number of aliphatic hydroxyl groups is 1. The van der Waals surface area contributed by atoms with Crippen molar-refractivity contribution in [3.05, 3.63) is 0 Å². The minimum Gasteiger partial charge on any atom is -0.387 e. The molecule has 1 unspecified atom stereocenters. The maximum atomic E-state index is 10.2. The topological polar surface area (TPSA) is 89.4 Å². The van der Waals surface area contributed by atoms with Gasteiger partial charge in [0.2, 0.25) is 17.8 Å². The van der Waals surface area contributed by atoms with E-state index in [0.29, 0.717) is 30.9 Å². The SMILES string of the molecule is CNc1nc(NCC(C)(O)CN(C)C)nc(N(C)C)n1. The van der Waals surface area contributed by atoms with Crippen molar-refractivity contribution in [2.24, 2.45) is 0 Å². The molecule has 0 amide bonds. The third-order valence-corrected chi connectivity index (χ3v) is 2.53. The number of aromatic nitrogens is 3. The third-order valence-electron chi connectivity index (χ3n) is 2.53. The Kier molecular flexibility index (Phi) is 5.46. The van der Waals surface area contributed by atoms with E-state index in [1.165, 1.54) is 0 Å². The smallest absolute Gasteiger partial charge is 0.231 e. The van der Waals surface area contributed by atoms with E-state index in [-0.39, 0.29) is 0 Å². The standard InChI is InChI=1S/C12H25N7O/c1-12(20,8-18(3)4)7-14-10-15-9(13-2)16-11(17-10)19(5)6/h20H,7-8H2,1-6H3,(H2,13,14,15,16,17). The van der Waals surface area contributed by atoms with E-state index in [0.717, 1.165) is 0 Å². The zero-order chi connectivity index (χ0) is 15.3. The summed E-state index contributed by atoms with van der Waals surface area (Å²) in [4.78, 5) is 16.5.